The van der Waals surface area contributed by atoms with Gasteiger partial charge < -0.3 is 9.76 Å². The lowest BCUT2D eigenvalue weighted by Gasteiger charge is -2.37. The predicted octanol–water partition coefficient (Wildman–Crippen LogP) is 5.40. The molecule has 5 heteroatoms. The molecule has 1 N–H and O–H groups in total. The Morgan fingerprint density at radius 1 is 0.926 bits per heavy atom. The van der Waals surface area contributed by atoms with Gasteiger partial charge in [-0.3, -0.25) is 0 Å². The lowest BCUT2D eigenvalue weighted by atomic mass is 9.82. The van der Waals surface area contributed by atoms with E-state index in [1.54, 1.807) is 25.2 Å². The summed E-state index contributed by atoms with van der Waals surface area (Å²) in [6.45, 7) is 7.33. The Morgan fingerprint density at radius 2 is 1.67 bits per heavy atom. The third-order valence-electron chi connectivity index (χ3n) is 5.55. The van der Waals surface area contributed by atoms with Gasteiger partial charge in [0.2, 0.25) is 0 Å². The van der Waals surface area contributed by atoms with Crippen LogP contribution in [0.3, 0.4) is 0 Å². The topological polar surface area (TPSA) is 29.5 Å². The summed E-state index contributed by atoms with van der Waals surface area (Å²) < 4.78 is 8.41. The van der Waals surface area contributed by atoms with Gasteiger partial charge in [-0.25, -0.2) is 0 Å². The summed E-state index contributed by atoms with van der Waals surface area (Å²) in [5, 5.41) is 15.9. The molecule has 3 aromatic carbocycles. The summed E-state index contributed by atoms with van der Waals surface area (Å²) in [7, 11) is 0.400. The molecule has 0 amide bonds. The highest BCUT2D eigenvalue weighted by atomic mass is 35.5. The van der Waals surface area contributed by atoms with E-state index in [1.807, 2.05) is 19.9 Å². The van der Waals surface area contributed by atoms with Gasteiger partial charge in [-0.2, -0.15) is 0 Å². The normalized spacial score (nSPS) is 13.0. The first-order valence-electron chi connectivity index (χ1n) is 9.06. The number of rotatable bonds is 4. The van der Waals surface area contributed by atoms with Crippen molar-refractivity contribution in [2.75, 3.05) is 0 Å². The average Bonchev–Trinajstić information content (AvgIpc) is 2.99. The third-order valence-corrected chi connectivity index (χ3v) is 7.25. The van der Waals surface area contributed by atoms with Gasteiger partial charge in [-0.15, -0.1) is 11.3 Å². The molecule has 0 spiro atoms. The minimum atomic E-state index is -0.936. The van der Waals surface area contributed by atoms with E-state index >= 15 is 0 Å². The van der Waals surface area contributed by atoms with Crippen molar-refractivity contribution in [3.63, 3.8) is 0 Å². The minimum absolute atomic E-state index is 0.400. The van der Waals surface area contributed by atoms with Crippen molar-refractivity contribution in [2.45, 2.75) is 38.9 Å². The van der Waals surface area contributed by atoms with Crippen LogP contribution in [0.15, 0.2) is 48.5 Å². The summed E-state index contributed by atoms with van der Waals surface area (Å²) in [5.41, 5.74) is -0.589. The van der Waals surface area contributed by atoms with Crippen molar-refractivity contribution in [3.8, 4) is 0 Å². The summed E-state index contributed by atoms with van der Waals surface area (Å²) in [6.07, 6.45) is 0. The first-order valence-corrected chi connectivity index (χ1v) is 10.3. The van der Waals surface area contributed by atoms with E-state index in [9.17, 15) is 5.11 Å². The standard InChI is InChI=1S/C22H22BClO2S/c1-21(2,25)22(3,4)26-23-14-11-17-16-10-9-13-7-5-6-8-15(13)19(16)27-20(17)18(24)12-14/h5-12,23,25H,1-4H3. The number of fused-ring (bicyclic) bond motifs is 5. The molecule has 27 heavy (non-hydrogen) atoms. The predicted molar refractivity (Wildman–Crippen MR) is 120 cm³/mol. The van der Waals surface area contributed by atoms with E-state index in [4.69, 9.17) is 16.3 Å². The molecule has 0 aliphatic heterocycles. The summed E-state index contributed by atoms with van der Waals surface area (Å²) >= 11 is 8.37. The van der Waals surface area contributed by atoms with Crippen LogP contribution in [-0.4, -0.2) is 23.8 Å². The quantitative estimate of drug-likeness (QED) is 0.468. The van der Waals surface area contributed by atoms with Gasteiger partial charge in [0.15, 0.2) is 0 Å². The molecule has 0 bridgehead atoms. The van der Waals surface area contributed by atoms with Crippen LogP contribution in [-0.2, 0) is 4.65 Å². The lowest BCUT2D eigenvalue weighted by molar-refractivity contribution is -0.0893. The van der Waals surface area contributed by atoms with Gasteiger partial charge in [-0.1, -0.05) is 59.5 Å². The molecule has 4 aromatic rings. The maximum atomic E-state index is 10.3. The number of benzene rings is 3. The fourth-order valence-corrected chi connectivity index (χ4v) is 4.73. The first kappa shape index (κ1) is 18.8. The molecule has 2 nitrogen and oxygen atoms in total. The molecule has 0 saturated carbocycles. The van der Waals surface area contributed by atoms with Crippen LogP contribution in [0.2, 0.25) is 5.02 Å². The van der Waals surface area contributed by atoms with Crippen molar-refractivity contribution in [1.29, 1.82) is 0 Å². The van der Waals surface area contributed by atoms with Crippen molar-refractivity contribution in [3.05, 3.63) is 53.6 Å². The number of hydrogen-bond acceptors (Lipinski definition) is 3. The van der Waals surface area contributed by atoms with Crippen LogP contribution >= 0.6 is 22.9 Å². The minimum Gasteiger partial charge on any atom is -0.427 e. The zero-order valence-corrected chi connectivity index (χ0v) is 17.5. The Morgan fingerprint density at radius 3 is 2.41 bits per heavy atom. The van der Waals surface area contributed by atoms with E-state index < -0.39 is 11.2 Å². The molecule has 0 fully saturated rings. The van der Waals surface area contributed by atoms with Crippen molar-refractivity contribution >= 4 is 66.8 Å². The number of thiophene rings is 1. The largest absolute Gasteiger partial charge is 0.427 e. The second-order valence-electron chi connectivity index (χ2n) is 8.08. The number of halogens is 1. The monoisotopic (exact) mass is 396 g/mol. The zero-order chi connectivity index (χ0) is 19.4. The van der Waals surface area contributed by atoms with Gasteiger partial charge >= 0.3 is 7.48 Å². The molecule has 0 aliphatic carbocycles. The van der Waals surface area contributed by atoms with E-state index in [1.165, 1.54) is 20.9 Å². The third kappa shape index (κ3) is 3.25. The van der Waals surface area contributed by atoms with Crippen LogP contribution in [0.5, 0.6) is 0 Å². The van der Waals surface area contributed by atoms with Crippen molar-refractivity contribution < 1.29 is 9.76 Å². The SMILES string of the molecule is CC(C)(O)C(C)(C)OBc1cc(Cl)c2sc3c4ccccc4ccc3c2c1. The average molecular weight is 397 g/mol. The van der Waals surface area contributed by atoms with Crippen molar-refractivity contribution in [1.82, 2.24) is 0 Å². The molecule has 0 aliphatic rings. The highest BCUT2D eigenvalue weighted by Gasteiger charge is 2.35. The van der Waals surface area contributed by atoms with Crippen LogP contribution in [0, 0.1) is 0 Å². The summed E-state index contributed by atoms with van der Waals surface area (Å²) in [5.74, 6) is 0. The Balaban J connectivity index is 1.81. The molecule has 0 saturated heterocycles. The highest BCUT2D eigenvalue weighted by Crippen LogP contribution is 2.40. The van der Waals surface area contributed by atoms with Gasteiger partial charge in [0, 0.05) is 15.5 Å². The van der Waals surface area contributed by atoms with Crippen LogP contribution < -0.4 is 5.46 Å². The smallest absolute Gasteiger partial charge is 0.309 e. The summed E-state index contributed by atoms with van der Waals surface area (Å²) in [6, 6.07) is 16.9. The van der Waals surface area contributed by atoms with E-state index in [2.05, 4.69) is 42.5 Å². The molecule has 0 unspecified atom stereocenters. The number of aliphatic hydroxyl groups is 1. The van der Waals surface area contributed by atoms with E-state index in [0.29, 0.717) is 7.48 Å². The lowest BCUT2D eigenvalue weighted by Crippen LogP contribution is -2.49. The zero-order valence-electron chi connectivity index (χ0n) is 16.0. The maximum absolute atomic E-state index is 10.3. The molecular weight excluding hydrogens is 375 g/mol. The molecule has 1 heterocycles. The maximum Gasteiger partial charge on any atom is 0.309 e. The Kier molecular flexibility index (Phi) is 4.51. The van der Waals surface area contributed by atoms with Gasteiger partial charge in [0.25, 0.3) is 0 Å². The fourth-order valence-electron chi connectivity index (χ4n) is 3.14. The van der Waals surface area contributed by atoms with Crippen LogP contribution in [0.4, 0.5) is 0 Å². The van der Waals surface area contributed by atoms with Gasteiger partial charge in [0.05, 0.1) is 20.9 Å². The van der Waals surface area contributed by atoms with E-state index in [-0.39, 0.29) is 0 Å². The first-order chi connectivity index (χ1) is 12.7. The molecule has 1 aromatic heterocycles. The molecule has 138 valence electrons. The van der Waals surface area contributed by atoms with Crippen LogP contribution in [0.1, 0.15) is 27.7 Å². The second kappa shape index (κ2) is 6.49. The van der Waals surface area contributed by atoms with E-state index in [0.717, 1.165) is 20.6 Å². The summed E-state index contributed by atoms with van der Waals surface area (Å²) in [4.78, 5) is 0. The molecular formula is C22H22BClO2S. The van der Waals surface area contributed by atoms with Crippen LogP contribution in [0.25, 0.3) is 30.9 Å². The molecule has 4 rings (SSSR count). The Bertz CT molecular complexity index is 1160. The molecule has 0 atom stereocenters. The highest BCUT2D eigenvalue weighted by molar-refractivity contribution is 7.27. The molecule has 0 radical (unpaired) electrons. The fraction of sp³-hybridized carbons (Fsp3) is 0.273. The Hall–Kier alpha value is -1.59. The van der Waals surface area contributed by atoms with Crippen molar-refractivity contribution in [2.24, 2.45) is 0 Å². The number of hydrogen-bond donors (Lipinski definition) is 1. The van der Waals surface area contributed by atoms with Gasteiger partial charge in [0.1, 0.15) is 0 Å². The van der Waals surface area contributed by atoms with Gasteiger partial charge in [-0.05, 0) is 44.5 Å². The Labute approximate surface area is 169 Å². The second-order valence-corrected chi connectivity index (χ2v) is 9.51.